The summed E-state index contributed by atoms with van der Waals surface area (Å²) in [6.07, 6.45) is 1.08. The van der Waals surface area contributed by atoms with Crippen LogP contribution in [0.1, 0.15) is 26.1 Å². The molecule has 6 heteroatoms. The van der Waals surface area contributed by atoms with Crippen LogP contribution in [0.3, 0.4) is 0 Å². The maximum absolute atomic E-state index is 5.15. The van der Waals surface area contributed by atoms with Gasteiger partial charge >= 0.3 is 0 Å². The highest BCUT2D eigenvalue weighted by atomic mass is 32.1. The molecule has 0 aliphatic carbocycles. The number of fused-ring (bicyclic) bond motifs is 1. The summed E-state index contributed by atoms with van der Waals surface area (Å²) >= 11 is 1.67. The minimum absolute atomic E-state index is 0.732. The number of thiophene rings is 1. The Labute approximate surface area is 130 Å². The van der Waals surface area contributed by atoms with Crippen molar-refractivity contribution in [1.82, 2.24) is 14.9 Å². The number of anilines is 1. The zero-order chi connectivity index (χ0) is 15.1. The number of hydrogen-bond donors (Lipinski definition) is 1. The van der Waals surface area contributed by atoms with Crippen LogP contribution >= 0.6 is 11.3 Å². The van der Waals surface area contributed by atoms with Gasteiger partial charge in [0, 0.05) is 20.2 Å². The van der Waals surface area contributed by atoms with E-state index in [4.69, 9.17) is 9.72 Å². The zero-order valence-corrected chi connectivity index (χ0v) is 13.9. The minimum Gasteiger partial charge on any atom is -0.383 e. The second-order valence-corrected chi connectivity index (χ2v) is 5.81. The van der Waals surface area contributed by atoms with Crippen molar-refractivity contribution >= 4 is 27.4 Å². The van der Waals surface area contributed by atoms with Crippen molar-refractivity contribution in [3.8, 4) is 0 Å². The Kier molecular flexibility index (Phi) is 6.35. The molecule has 0 aromatic carbocycles. The summed E-state index contributed by atoms with van der Waals surface area (Å²) in [4.78, 5) is 12.7. The lowest BCUT2D eigenvalue weighted by molar-refractivity contribution is 0.146. The third kappa shape index (κ3) is 4.36. The average Bonchev–Trinajstić information content (AvgIpc) is 2.97. The predicted molar refractivity (Wildman–Crippen MR) is 89.0 cm³/mol. The van der Waals surface area contributed by atoms with Gasteiger partial charge in [-0.15, -0.1) is 11.3 Å². The van der Waals surface area contributed by atoms with Crippen molar-refractivity contribution < 1.29 is 4.74 Å². The van der Waals surface area contributed by atoms with Crippen LogP contribution in [0.15, 0.2) is 11.4 Å². The summed E-state index contributed by atoms with van der Waals surface area (Å²) in [6.45, 7) is 8.59. The molecule has 0 radical (unpaired) electrons. The van der Waals surface area contributed by atoms with E-state index < -0.39 is 0 Å². The van der Waals surface area contributed by atoms with Crippen LogP contribution in [0.5, 0.6) is 0 Å². The largest absolute Gasteiger partial charge is 0.383 e. The highest BCUT2D eigenvalue weighted by molar-refractivity contribution is 7.16. The standard InChI is InChI=1S/C15H24N4OS/c1-4-7-16-14-12-6-10-21-15(12)18-13(17-14)11-19(5-2)8-9-20-3/h6,10H,4-5,7-9,11H2,1-3H3,(H,16,17,18). The molecule has 0 aliphatic rings. The Balaban J connectivity index is 2.18. The van der Waals surface area contributed by atoms with Gasteiger partial charge in [0.15, 0.2) is 0 Å². The van der Waals surface area contributed by atoms with Crippen LogP contribution in [0.25, 0.3) is 10.2 Å². The number of likely N-dealkylation sites (N-methyl/N-ethyl adjacent to an activating group) is 1. The van der Waals surface area contributed by atoms with E-state index in [0.717, 1.165) is 61.1 Å². The first-order valence-corrected chi connectivity index (χ1v) is 8.35. The van der Waals surface area contributed by atoms with Crippen molar-refractivity contribution in [1.29, 1.82) is 0 Å². The molecular formula is C15H24N4OS. The predicted octanol–water partition coefficient (Wildman–Crippen LogP) is 2.98. The normalized spacial score (nSPS) is 11.4. The van der Waals surface area contributed by atoms with E-state index in [1.165, 1.54) is 0 Å². The first kappa shape index (κ1) is 16.1. The second-order valence-electron chi connectivity index (χ2n) is 4.92. The van der Waals surface area contributed by atoms with Crippen molar-refractivity contribution in [3.63, 3.8) is 0 Å². The number of nitrogens with zero attached hydrogens (tertiary/aromatic N) is 3. The lowest BCUT2D eigenvalue weighted by atomic mass is 10.3. The monoisotopic (exact) mass is 308 g/mol. The third-order valence-corrected chi connectivity index (χ3v) is 4.14. The summed E-state index contributed by atoms with van der Waals surface area (Å²) in [5.41, 5.74) is 0. The van der Waals surface area contributed by atoms with Gasteiger partial charge in [-0.2, -0.15) is 0 Å². The molecule has 0 unspecified atom stereocenters. The molecule has 2 aromatic rings. The molecule has 116 valence electrons. The molecular weight excluding hydrogens is 284 g/mol. The molecule has 0 amide bonds. The molecule has 0 bridgehead atoms. The summed E-state index contributed by atoms with van der Waals surface area (Å²) in [5, 5.41) is 6.61. The summed E-state index contributed by atoms with van der Waals surface area (Å²) in [5.74, 6) is 1.84. The Bertz CT molecular complexity index is 558. The van der Waals surface area contributed by atoms with E-state index in [9.17, 15) is 0 Å². The summed E-state index contributed by atoms with van der Waals surface area (Å²) < 4.78 is 5.15. The highest BCUT2D eigenvalue weighted by Gasteiger charge is 2.11. The molecule has 0 atom stereocenters. The van der Waals surface area contributed by atoms with Crippen molar-refractivity contribution in [3.05, 3.63) is 17.3 Å². The van der Waals surface area contributed by atoms with E-state index in [2.05, 4.69) is 40.5 Å². The second kappa shape index (κ2) is 8.26. The minimum atomic E-state index is 0.732. The molecule has 2 aromatic heterocycles. The number of nitrogens with one attached hydrogen (secondary N) is 1. The molecule has 0 fully saturated rings. The van der Waals surface area contributed by atoms with E-state index in [0.29, 0.717) is 0 Å². The highest BCUT2D eigenvalue weighted by Crippen LogP contribution is 2.25. The van der Waals surface area contributed by atoms with Crippen molar-refractivity contribution in [2.45, 2.75) is 26.8 Å². The molecule has 0 aliphatic heterocycles. The fourth-order valence-electron chi connectivity index (χ4n) is 2.12. The molecule has 2 rings (SSSR count). The lowest BCUT2D eigenvalue weighted by Gasteiger charge is -2.19. The van der Waals surface area contributed by atoms with Gasteiger partial charge in [-0.3, -0.25) is 4.90 Å². The van der Waals surface area contributed by atoms with Gasteiger partial charge in [0.2, 0.25) is 0 Å². The fraction of sp³-hybridized carbons (Fsp3) is 0.600. The van der Waals surface area contributed by atoms with Crippen LogP contribution in [-0.4, -0.2) is 48.2 Å². The van der Waals surface area contributed by atoms with Crippen LogP contribution in [0.4, 0.5) is 5.82 Å². The first-order valence-electron chi connectivity index (χ1n) is 7.47. The summed E-state index contributed by atoms with van der Waals surface area (Å²) in [6, 6.07) is 2.09. The van der Waals surface area contributed by atoms with E-state index in [1.54, 1.807) is 18.4 Å². The Hall–Kier alpha value is -1.24. The van der Waals surface area contributed by atoms with Crippen LogP contribution in [0.2, 0.25) is 0 Å². The maximum atomic E-state index is 5.15. The van der Waals surface area contributed by atoms with Gasteiger partial charge in [-0.1, -0.05) is 13.8 Å². The molecule has 0 saturated heterocycles. The van der Waals surface area contributed by atoms with Gasteiger partial charge in [-0.05, 0) is 24.4 Å². The molecule has 2 heterocycles. The van der Waals surface area contributed by atoms with Crippen LogP contribution in [0, 0.1) is 0 Å². The fourth-order valence-corrected chi connectivity index (χ4v) is 2.90. The van der Waals surface area contributed by atoms with Crippen molar-refractivity contribution in [2.24, 2.45) is 0 Å². The molecule has 0 saturated carbocycles. The quantitative estimate of drug-likeness (QED) is 0.772. The number of rotatable bonds is 9. The zero-order valence-electron chi connectivity index (χ0n) is 13.1. The first-order chi connectivity index (χ1) is 10.3. The Morgan fingerprint density at radius 3 is 2.90 bits per heavy atom. The number of methoxy groups -OCH3 is 1. The number of aromatic nitrogens is 2. The Morgan fingerprint density at radius 1 is 1.33 bits per heavy atom. The topological polar surface area (TPSA) is 50.3 Å². The molecule has 21 heavy (non-hydrogen) atoms. The number of ether oxygens (including phenoxy) is 1. The van der Waals surface area contributed by atoms with Crippen LogP contribution in [-0.2, 0) is 11.3 Å². The van der Waals surface area contributed by atoms with E-state index >= 15 is 0 Å². The molecule has 5 nitrogen and oxygen atoms in total. The van der Waals surface area contributed by atoms with Gasteiger partial charge < -0.3 is 10.1 Å². The van der Waals surface area contributed by atoms with Gasteiger partial charge in [0.25, 0.3) is 0 Å². The number of hydrogen-bond acceptors (Lipinski definition) is 6. The van der Waals surface area contributed by atoms with Gasteiger partial charge in [-0.25, -0.2) is 9.97 Å². The lowest BCUT2D eigenvalue weighted by Crippen LogP contribution is -2.27. The smallest absolute Gasteiger partial charge is 0.146 e. The van der Waals surface area contributed by atoms with E-state index in [-0.39, 0.29) is 0 Å². The van der Waals surface area contributed by atoms with Crippen LogP contribution < -0.4 is 5.32 Å². The summed E-state index contributed by atoms with van der Waals surface area (Å²) in [7, 11) is 1.73. The average molecular weight is 308 g/mol. The van der Waals surface area contributed by atoms with Gasteiger partial charge in [0.05, 0.1) is 18.5 Å². The maximum Gasteiger partial charge on any atom is 0.146 e. The van der Waals surface area contributed by atoms with E-state index in [1.807, 2.05) is 0 Å². The SMILES string of the molecule is CCCNc1nc(CN(CC)CCOC)nc2sccc12. The molecule has 1 N–H and O–H groups in total. The third-order valence-electron chi connectivity index (χ3n) is 3.34. The van der Waals surface area contributed by atoms with Gasteiger partial charge in [0.1, 0.15) is 16.5 Å². The Morgan fingerprint density at radius 2 is 2.19 bits per heavy atom. The van der Waals surface area contributed by atoms with Crippen molar-refractivity contribution in [2.75, 3.05) is 38.7 Å². The molecule has 0 spiro atoms.